The quantitative estimate of drug-likeness (QED) is 0.776. The number of hydrogen-bond acceptors (Lipinski definition) is 2. The Balaban J connectivity index is 2.70. The molecule has 0 aliphatic heterocycles. The fourth-order valence-corrected chi connectivity index (χ4v) is 1.54. The molecule has 0 amide bonds. The number of rotatable bonds is 3. The van der Waals surface area contributed by atoms with Gasteiger partial charge in [-0.15, -0.1) is 0 Å². The van der Waals surface area contributed by atoms with Gasteiger partial charge in [-0.05, 0) is 47.5 Å². The molecule has 0 bridgehead atoms. The highest BCUT2D eigenvalue weighted by atomic mass is 79.9. The van der Waals surface area contributed by atoms with Gasteiger partial charge in [0.25, 0.3) is 0 Å². The van der Waals surface area contributed by atoms with Crippen molar-refractivity contribution in [2.24, 2.45) is 0 Å². The van der Waals surface area contributed by atoms with Crippen molar-refractivity contribution < 1.29 is 4.79 Å². The van der Waals surface area contributed by atoms with Crippen LogP contribution >= 0.6 is 15.9 Å². The maximum absolute atomic E-state index is 11.4. The van der Waals surface area contributed by atoms with Crippen LogP contribution in [0.25, 0.3) is 0 Å². The second-order valence-electron chi connectivity index (χ2n) is 3.38. The minimum atomic E-state index is 0.116. The summed E-state index contributed by atoms with van der Waals surface area (Å²) in [5, 5.41) is 0. The Bertz CT molecular complexity index is 367. The van der Waals surface area contributed by atoms with E-state index in [1.807, 2.05) is 19.9 Å². The summed E-state index contributed by atoms with van der Waals surface area (Å²) in [6.45, 7) is 3.83. The third kappa shape index (κ3) is 3.83. The molecular weight excluding hydrogens is 242 g/mol. The van der Waals surface area contributed by atoms with Crippen LogP contribution in [0.3, 0.4) is 0 Å². The summed E-state index contributed by atoms with van der Waals surface area (Å²) in [6, 6.07) is 1.91. The Hall–Kier alpha value is -0.960. The number of pyridine rings is 1. The average molecular weight is 254 g/mol. The lowest BCUT2D eigenvalue weighted by molar-refractivity contribution is -0.114. The van der Waals surface area contributed by atoms with Gasteiger partial charge in [0.15, 0.2) is 5.78 Å². The van der Waals surface area contributed by atoms with E-state index in [0.29, 0.717) is 6.42 Å². The van der Waals surface area contributed by atoms with Gasteiger partial charge in [-0.2, -0.15) is 0 Å². The highest BCUT2D eigenvalue weighted by Crippen LogP contribution is 2.10. The molecule has 0 fully saturated rings. The van der Waals surface area contributed by atoms with Gasteiger partial charge in [0, 0.05) is 23.3 Å². The van der Waals surface area contributed by atoms with E-state index in [1.165, 1.54) is 0 Å². The summed E-state index contributed by atoms with van der Waals surface area (Å²) in [5.74, 6) is 0.116. The van der Waals surface area contributed by atoms with Crippen LogP contribution in [-0.2, 0) is 11.2 Å². The third-order valence-corrected chi connectivity index (χ3v) is 2.02. The summed E-state index contributed by atoms with van der Waals surface area (Å²) in [6.07, 6.45) is 5.48. The minimum Gasteiger partial charge on any atom is -0.294 e. The van der Waals surface area contributed by atoms with Crippen molar-refractivity contribution in [1.82, 2.24) is 4.98 Å². The maximum atomic E-state index is 11.4. The minimum absolute atomic E-state index is 0.116. The zero-order chi connectivity index (χ0) is 10.6. The zero-order valence-corrected chi connectivity index (χ0v) is 9.84. The Kier molecular flexibility index (Phi) is 4.01. The van der Waals surface area contributed by atoms with Gasteiger partial charge >= 0.3 is 0 Å². The van der Waals surface area contributed by atoms with Gasteiger partial charge in [0.1, 0.15) is 0 Å². The summed E-state index contributed by atoms with van der Waals surface area (Å²) in [7, 11) is 0. The number of carbonyl (C=O) groups excluding carboxylic acids is 1. The number of nitrogens with zero attached hydrogens (tertiary/aromatic N) is 1. The Labute approximate surface area is 92.2 Å². The van der Waals surface area contributed by atoms with Gasteiger partial charge in [0.05, 0.1) is 0 Å². The van der Waals surface area contributed by atoms with Crippen LogP contribution in [0.15, 0.2) is 34.6 Å². The molecule has 3 heteroatoms. The molecule has 0 spiro atoms. The average Bonchev–Trinajstić information content (AvgIpc) is 2.01. The Morgan fingerprint density at radius 1 is 1.50 bits per heavy atom. The number of ketones is 1. The van der Waals surface area contributed by atoms with Crippen LogP contribution in [0.4, 0.5) is 0 Å². The molecule has 0 saturated heterocycles. The van der Waals surface area contributed by atoms with Crippen LogP contribution in [0.1, 0.15) is 19.4 Å². The second kappa shape index (κ2) is 5.05. The molecule has 0 aromatic carbocycles. The van der Waals surface area contributed by atoms with E-state index in [1.54, 1.807) is 18.5 Å². The van der Waals surface area contributed by atoms with Crippen molar-refractivity contribution in [3.05, 3.63) is 40.1 Å². The first-order valence-corrected chi connectivity index (χ1v) is 5.14. The van der Waals surface area contributed by atoms with Crippen LogP contribution in [-0.4, -0.2) is 10.8 Å². The summed E-state index contributed by atoms with van der Waals surface area (Å²) in [4.78, 5) is 15.4. The number of halogens is 1. The third-order valence-electron chi connectivity index (χ3n) is 1.59. The topological polar surface area (TPSA) is 30.0 Å². The number of carbonyl (C=O) groups is 1. The van der Waals surface area contributed by atoms with Gasteiger partial charge in [-0.1, -0.05) is 5.57 Å². The molecule has 0 radical (unpaired) electrons. The van der Waals surface area contributed by atoms with E-state index in [0.717, 1.165) is 15.6 Å². The lowest BCUT2D eigenvalue weighted by Gasteiger charge is -1.98. The molecule has 1 aromatic rings. The van der Waals surface area contributed by atoms with E-state index < -0.39 is 0 Å². The van der Waals surface area contributed by atoms with Gasteiger partial charge < -0.3 is 0 Å². The fraction of sp³-hybridized carbons (Fsp3) is 0.273. The molecular formula is C11H12BrNO. The van der Waals surface area contributed by atoms with E-state index in [2.05, 4.69) is 20.9 Å². The maximum Gasteiger partial charge on any atom is 0.160 e. The molecule has 0 saturated carbocycles. The van der Waals surface area contributed by atoms with Crippen molar-refractivity contribution in [2.45, 2.75) is 20.3 Å². The number of allylic oxidation sites excluding steroid dienone is 2. The smallest absolute Gasteiger partial charge is 0.160 e. The molecule has 1 heterocycles. The van der Waals surface area contributed by atoms with Crippen molar-refractivity contribution in [3.63, 3.8) is 0 Å². The summed E-state index contributed by atoms with van der Waals surface area (Å²) < 4.78 is 0.903. The zero-order valence-electron chi connectivity index (χ0n) is 8.25. The molecule has 0 unspecified atom stereocenters. The molecule has 0 aliphatic rings. The number of aromatic nitrogens is 1. The molecule has 0 N–H and O–H groups in total. The highest BCUT2D eigenvalue weighted by Gasteiger charge is 2.01. The fourth-order valence-electron chi connectivity index (χ4n) is 1.13. The predicted molar refractivity (Wildman–Crippen MR) is 60.1 cm³/mol. The number of hydrogen-bond donors (Lipinski definition) is 0. The Morgan fingerprint density at radius 3 is 2.79 bits per heavy atom. The SMILES string of the molecule is CC(C)=CC(=O)Cc1cncc(Br)c1. The molecule has 0 atom stereocenters. The standard InChI is InChI=1S/C11H12BrNO/c1-8(2)3-11(14)5-9-4-10(12)7-13-6-9/h3-4,6-7H,5H2,1-2H3. The molecule has 0 aliphatic carbocycles. The van der Waals surface area contributed by atoms with Crippen molar-refractivity contribution in [1.29, 1.82) is 0 Å². The molecule has 1 rings (SSSR count). The second-order valence-corrected chi connectivity index (χ2v) is 4.29. The van der Waals surface area contributed by atoms with Crippen LogP contribution in [0.5, 0.6) is 0 Å². The van der Waals surface area contributed by atoms with E-state index in [-0.39, 0.29) is 5.78 Å². The summed E-state index contributed by atoms with van der Waals surface area (Å²) in [5.41, 5.74) is 1.96. The van der Waals surface area contributed by atoms with E-state index in [4.69, 9.17) is 0 Å². The first-order valence-electron chi connectivity index (χ1n) is 4.35. The molecule has 1 aromatic heterocycles. The highest BCUT2D eigenvalue weighted by molar-refractivity contribution is 9.10. The van der Waals surface area contributed by atoms with E-state index in [9.17, 15) is 4.79 Å². The summed E-state index contributed by atoms with van der Waals surface area (Å²) >= 11 is 3.31. The van der Waals surface area contributed by atoms with Gasteiger partial charge in [-0.25, -0.2) is 0 Å². The normalized spacial score (nSPS) is 9.64. The van der Waals surface area contributed by atoms with Gasteiger partial charge in [0.2, 0.25) is 0 Å². The van der Waals surface area contributed by atoms with Crippen molar-refractivity contribution in [2.75, 3.05) is 0 Å². The largest absolute Gasteiger partial charge is 0.294 e. The van der Waals surface area contributed by atoms with Crippen LogP contribution in [0.2, 0.25) is 0 Å². The lowest BCUT2D eigenvalue weighted by Crippen LogP contribution is -1.99. The molecule has 14 heavy (non-hydrogen) atoms. The monoisotopic (exact) mass is 253 g/mol. The first-order chi connectivity index (χ1) is 6.58. The van der Waals surface area contributed by atoms with Crippen LogP contribution < -0.4 is 0 Å². The van der Waals surface area contributed by atoms with Crippen molar-refractivity contribution in [3.8, 4) is 0 Å². The van der Waals surface area contributed by atoms with Crippen LogP contribution in [0, 0.1) is 0 Å². The first kappa shape index (κ1) is 11.1. The van der Waals surface area contributed by atoms with E-state index >= 15 is 0 Å². The lowest BCUT2D eigenvalue weighted by atomic mass is 10.1. The van der Waals surface area contributed by atoms with Crippen molar-refractivity contribution >= 4 is 21.7 Å². The molecule has 2 nitrogen and oxygen atoms in total. The molecule has 74 valence electrons. The Morgan fingerprint density at radius 2 is 2.21 bits per heavy atom. The van der Waals surface area contributed by atoms with Gasteiger partial charge in [-0.3, -0.25) is 9.78 Å². The predicted octanol–water partition coefficient (Wildman–Crippen LogP) is 2.92.